The predicted molar refractivity (Wildman–Crippen MR) is 79.5 cm³/mol. The molecule has 1 N–H and O–H groups in total. The number of halogens is 1. The van der Waals surface area contributed by atoms with Crippen LogP contribution in [0.25, 0.3) is 10.1 Å². The lowest BCUT2D eigenvalue weighted by atomic mass is 10.2. The van der Waals surface area contributed by atoms with Crippen LogP contribution in [-0.2, 0) is 6.61 Å². The molecule has 0 saturated carbocycles. The summed E-state index contributed by atoms with van der Waals surface area (Å²) in [5.74, 6) is -0.809. The molecular weight excluding hydrogens is 291 g/mol. The Morgan fingerprint density at radius 1 is 1.19 bits per heavy atom. The molecule has 1 heterocycles. The van der Waals surface area contributed by atoms with E-state index >= 15 is 0 Å². The normalized spacial score (nSPS) is 10.7. The summed E-state index contributed by atoms with van der Waals surface area (Å²) in [7, 11) is 0. The topological polar surface area (TPSA) is 46.5 Å². The lowest BCUT2D eigenvalue weighted by Crippen LogP contribution is -1.94. The summed E-state index contributed by atoms with van der Waals surface area (Å²) in [6.07, 6.45) is 0. The average molecular weight is 302 g/mol. The van der Waals surface area contributed by atoms with Crippen LogP contribution in [0.5, 0.6) is 5.75 Å². The van der Waals surface area contributed by atoms with Gasteiger partial charge in [0.25, 0.3) is 0 Å². The average Bonchev–Trinajstić information content (AvgIpc) is 2.87. The van der Waals surface area contributed by atoms with Crippen molar-refractivity contribution in [1.29, 1.82) is 0 Å². The first-order valence-corrected chi connectivity index (χ1v) is 7.07. The van der Waals surface area contributed by atoms with Crippen LogP contribution in [0.4, 0.5) is 4.39 Å². The largest absolute Gasteiger partial charge is 0.488 e. The zero-order chi connectivity index (χ0) is 14.8. The van der Waals surface area contributed by atoms with Crippen LogP contribution < -0.4 is 4.74 Å². The molecule has 0 fully saturated rings. The number of fused-ring (bicyclic) bond motifs is 1. The third kappa shape index (κ3) is 3.03. The van der Waals surface area contributed by atoms with E-state index in [9.17, 15) is 9.18 Å². The minimum absolute atomic E-state index is 0.266. The maximum Gasteiger partial charge on any atom is 0.335 e. The molecule has 0 radical (unpaired) electrons. The molecule has 106 valence electrons. The van der Waals surface area contributed by atoms with Crippen molar-refractivity contribution in [2.75, 3.05) is 0 Å². The molecule has 0 atom stereocenters. The van der Waals surface area contributed by atoms with Crippen molar-refractivity contribution in [2.24, 2.45) is 0 Å². The van der Waals surface area contributed by atoms with E-state index in [1.807, 2.05) is 6.07 Å². The van der Waals surface area contributed by atoms with Crippen LogP contribution in [0.3, 0.4) is 0 Å². The minimum atomic E-state index is -0.942. The first kappa shape index (κ1) is 13.6. The van der Waals surface area contributed by atoms with Crippen LogP contribution >= 0.6 is 11.3 Å². The Balaban J connectivity index is 1.80. The van der Waals surface area contributed by atoms with Crippen LogP contribution in [0.1, 0.15) is 15.2 Å². The Kier molecular flexibility index (Phi) is 3.58. The quantitative estimate of drug-likeness (QED) is 0.781. The standard InChI is InChI=1S/C16H11FO3S/c17-12-2-1-3-13(8-12)20-9-14-6-10-4-5-11(16(18)19)7-15(10)21-14/h1-8H,9H2,(H,18,19). The van der Waals surface area contributed by atoms with E-state index in [-0.39, 0.29) is 11.4 Å². The molecule has 0 saturated heterocycles. The molecule has 2 aromatic carbocycles. The number of carboxylic acids is 1. The fraction of sp³-hybridized carbons (Fsp3) is 0.0625. The highest BCUT2D eigenvalue weighted by atomic mass is 32.1. The van der Waals surface area contributed by atoms with Crippen molar-refractivity contribution in [2.45, 2.75) is 6.61 Å². The summed E-state index contributed by atoms with van der Waals surface area (Å²) in [5, 5.41) is 9.95. The zero-order valence-electron chi connectivity index (χ0n) is 10.9. The van der Waals surface area contributed by atoms with Gasteiger partial charge in [-0.3, -0.25) is 0 Å². The maximum absolute atomic E-state index is 13.0. The number of thiophene rings is 1. The second-order valence-corrected chi connectivity index (χ2v) is 5.68. The Morgan fingerprint density at radius 2 is 2.05 bits per heavy atom. The van der Waals surface area contributed by atoms with Crippen LogP contribution in [0, 0.1) is 5.82 Å². The molecule has 0 bridgehead atoms. The highest BCUT2D eigenvalue weighted by Crippen LogP contribution is 2.27. The highest BCUT2D eigenvalue weighted by Gasteiger charge is 2.07. The molecule has 0 aliphatic rings. The van der Waals surface area contributed by atoms with Gasteiger partial charge in [-0.1, -0.05) is 12.1 Å². The molecule has 21 heavy (non-hydrogen) atoms. The number of hydrogen-bond donors (Lipinski definition) is 1. The molecule has 0 amide bonds. The molecule has 0 unspecified atom stereocenters. The molecule has 0 aliphatic heterocycles. The van der Waals surface area contributed by atoms with E-state index in [1.165, 1.54) is 23.5 Å². The van der Waals surface area contributed by atoms with E-state index < -0.39 is 5.97 Å². The van der Waals surface area contributed by atoms with Crippen molar-refractivity contribution >= 4 is 27.4 Å². The molecule has 3 rings (SSSR count). The minimum Gasteiger partial charge on any atom is -0.488 e. The summed E-state index contributed by atoms with van der Waals surface area (Å²) >= 11 is 1.47. The summed E-state index contributed by atoms with van der Waals surface area (Å²) < 4.78 is 19.5. The Bertz CT molecular complexity index is 810. The molecule has 3 nitrogen and oxygen atoms in total. The third-order valence-corrected chi connectivity index (χ3v) is 4.07. The van der Waals surface area contributed by atoms with Crippen LogP contribution in [0.15, 0.2) is 48.5 Å². The number of aromatic carboxylic acids is 1. The number of hydrogen-bond acceptors (Lipinski definition) is 3. The number of rotatable bonds is 4. The van der Waals surface area contributed by atoms with Crippen molar-refractivity contribution in [3.05, 3.63) is 64.8 Å². The van der Waals surface area contributed by atoms with E-state index in [2.05, 4.69) is 0 Å². The van der Waals surface area contributed by atoms with Gasteiger partial charge < -0.3 is 9.84 Å². The predicted octanol–water partition coefficient (Wildman–Crippen LogP) is 4.32. The smallest absolute Gasteiger partial charge is 0.335 e. The highest BCUT2D eigenvalue weighted by molar-refractivity contribution is 7.19. The van der Waals surface area contributed by atoms with E-state index in [1.54, 1.807) is 30.3 Å². The molecule has 1 aromatic heterocycles. The fourth-order valence-corrected chi connectivity index (χ4v) is 3.02. The number of ether oxygens (including phenoxy) is 1. The lowest BCUT2D eigenvalue weighted by molar-refractivity contribution is 0.0697. The van der Waals surface area contributed by atoms with Crippen molar-refractivity contribution in [3.63, 3.8) is 0 Å². The summed E-state index contributed by atoms with van der Waals surface area (Å²) in [4.78, 5) is 11.9. The number of carboxylic acid groups (broad SMARTS) is 1. The first-order chi connectivity index (χ1) is 10.1. The fourth-order valence-electron chi connectivity index (χ4n) is 2.00. The van der Waals surface area contributed by atoms with Gasteiger partial charge in [0.1, 0.15) is 18.2 Å². The van der Waals surface area contributed by atoms with Crippen LogP contribution in [-0.4, -0.2) is 11.1 Å². The molecule has 0 aliphatic carbocycles. The summed E-state index contributed by atoms with van der Waals surface area (Å²) in [6.45, 7) is 0.325. The Labute approximate surface area is 124 Å². The van der Waals surface area contributed by atoms with Gasteiger partial charge in [-0.2, -0.15) is 0 Å². The van der Waals surface area contributed by atoms with Gasteiger partial charge in [0, 0.05) is 15.6 Å². The second kappa shape index (κ2) is 5.54. The molecular formula is C16H11FO3S. The van der Waals surface area contributed by atoms with E-state index in [0.717, 1.165) is 15.0 Å². The summed E-state index contributed by atoms with van der Waals surface area (Å²) in [6, 6.07) is 12.9. The Morgan fingerprint density at radius 3 is 2.81 bits per heavy atom. The monoisotopic (exact) mass is 302 g/mol. The van der Waals surface area contributed by atoms with Gasteiger partial charge in [-0.25, -0.2) is 9.18 Å². The SMILES string of the molecule is O=C(O)c1ccc2cc(COc3cccc(F)c3)sc2c1. The van der Waals surface area contributed by atoms with Crippen LogP contribution in [0.2, 0.25) is 0 Å². The van der Waals surface area contributed by atoms with Crippen molar-refractivity contribution in [3.8, 4) is 5.75 Å². The van der Waals surface area contributed by atoms with Gasteiger partial charge in [-0.05, 0) is 35.7 Å². The van der Waals surface area contributed by atoms with Gasteiger partial charge in [0.15, 0.2) is 0 Å². The second-order valence-electron chi connectivity index (χ2n) is 4.52. The summed E-state index contributed by atoms with van der Waals surface area (Å²) in [5.41, 5.74) is 0.266. The third-order valence-electron chi connectivity index (χ3n) is 3.00. The van der Waals surface area contributed by atoms with Gasteiger partial charge >= 0.3 is 5.97 Å². The van der Waals surface area contributed by atoms with Crippen molar-refractivity contribution in [1.82, 2.24) is 0 Å². The number of carbonyl (C=O) groups is 1. The zero-order valence-corrected chi connectivity index (χ0v) is 11.7. The van der Waals surface area contributed by atoms with Gasteiger partial charge in [-0.15, -0.1) is 11.3 Å². The lowest BCUT2D eigenvalue weighted by Gasteiger charge is -2.03. The maximum atomic E-state index is 13.0. The van der Waals surface area contributed by atoms with Crippen molar-refractivity contribution < 1.29 is 19.0 Å². The van der Waals surface area contributed by atoms with Gasteiger partial charge in [0.2, 0.25) is 0 Å². The van der Waals surface area contributed by atoms with Gasteiger partial charge in [0.05, 0.1) is 5.56 Å². The number of benzene rings is 2. The molecule has 3 aromatic rings. The van der Waals surface area contributed by atoms with E-state index in [0.29, 0.717) is 12.4 Å². The Hall–Kier alpha value is -2.40. The first-order valence-electron chi connectivity index (χ1n) is 6.26. The molecule has 0 spiro atoms. The van der Waals surface area contributed by atoms with E-state index in [4.69, 9.17) is 9.84 Å². The molecule has 5 heteroatoms.